The van der Waals surface area contributed by atoms with E-state index in [2.05, 4.69) is 12.2 Å². The summed E-state index contributed by atoms with van der Waals surface area (Å²) in [4.78, 5) is 12.2. The zero-order valence-corrected chi connectivity index (χ0v) is 13.4. The minimum absolute atomic E-state index is 0.0113. The lowest BCUT2D eigenvalue weighted by atomic mass is 9.98. The van der Waals surface area contributed by atoms with Gasteiger partial charge in [0, 0.05) is 10.9 Å². The lowest BCUT2D eigenvalue weighted by molar-refractivity contribution is -0.120. The van der Waals surface area contributed by atoms with Crippen molar-refractivity contribution in [3.05, 3.63) is 27.2 Å². The minimum Gasteiger partial charge on any atom is -0.323 e. The van der Waals surface area contributed by atoms with E-state index in [1.807, 2.05) is 6.92 Å². The number of benzene rings is 1. The third kappa shape index (κ3) is 4.87. The number of carbonyl (C=O) groups excluding carboxylic acids is 1. The van der Waals surface area contributed by atoms with Crippen molar-refractivity contribution < 1.29 is 4.79 Å². The summed E-state index contributed by atoms with van der Waals surface area (Å²) in [6.45, 7) is 4.11. The van der Waals surface area contributed by atoms with Gasteiger partial charge in [0.25, 0.3) is 0 Å². The minimum atomic E-state index is -0.0397. The van der Waals surface area contributed by atoms with Crippen LogP contribution in [-0.2, 0) is 4.79 Å². The zero-order chi connectivity index (χ0) is 14.4. The Morgan fingerprint density at radius 3 is 2.26 bits per heavy atom. The number of nitrogens with one attached hydrogen (secondary N) is 1. The quantitative estimate of drug-likeness (QED) is 0.704. The fraction of sp³-hybridized carbons (Fsp3) is 0.500. The summed E-state index contributed by atoms with van der Waals surface area (Å²) in [5, 5.41) is 3.97. The molecular weight excluding hydrogens is 305 g/mol. The van der Waals surface area contributed by atoms with Crippen LogP contribution in [0.3, 0.4) is 0 Å². The molecule has 0 spiro atoms. The van der Waals surface area contributed by atoms with E-state index >= 15 is 0 Å². The van der Waals surface area contributed by atoms with Crippen molar-refractivity contribution in [2.75, 3.05) is 5.32 Å². The van der Waals surface area contributed by atoms with Crippen LogP contribution in [0.4, 0.5) is 5.69 Å². The van der Waals surface area contributed by atoms with Gasteiger partial charge in [-0.2, -0.15) is 0 Å². The third-order valence-electron chi connectivity index (χ3n) is 3.02. The number of anilines is 1. The Balaban J connectivity index is 2.81. The second kappa shape index (κ2) is 7.98. The Labute approximate surface area is 129 Å². The third-order valence-corrected chi connectivity index (χ3v) is 3.84. The van der Waals surface area contributed by atoms with E-state index in [-0.39, 0.29) is 11.8 Å². The Hall–Kier alpha value is -0.440. The van der Waals surface area contributed by atoms with E-state index in [0.717, 1.165) is 25.7 Å². The average Bonchev–Trinajstić information content (AvgIpc) is 2.34. The molecule has 0 saturated heterocycles. The molecule has 1 aromatic carbocycles. The van der Waals surface area contributed by atoms with Crippen LogP contribution in [0.25, 0.3) is 0 Å². The van der Waals surface area contributed by atoms with E-state index in [0.29, 0.717) is 20.8 Å². The Morgan fingerprint density at radius 1 is 1.21 bits per heavy atom. The second-order valence-corrected chi connectivity index (χ2v) is 5.73. The van der Waals surface area contributed by atoms with Gasteiger partial charge in [0.05, 0.1) is 15.7 Å². The van der Waals surface area contributed by atoms with Crippen LogP contribution < -0.4 is 5.32 Å². The fourth-order valence-corrected chi connectivity index (χ4v) is 2.77. The van der Waals surface area contributed by atoms with E-state index in [1.54, 1.807) is 12.1 Å². The standard InChI is InChI=1S/C14H18Cl3NO/c1-3-5-6-9(4-2)14(19)18-13-11(16)7-10(15)8-12(13)17/h7-9H,3-6H2,1-2H3,(H,18,19). The summed E-state index contributed by atoms with van der Waals surface area (Å²) < 4.78 is 0. The Morgan fingerprint density at radius 2 is 1.79 bits per heavy atom. The highest BCUT2D eigenvalue weighted by atomic mass is 35.5. The van der Waals surface area contributed by atoms with Crippen molar-refractivity contribution in [2.24, 2.45) is 5.92 Å². The molecule has 1 amide bonds. The summed E-state index contributed by atoms with van der Waals surface area (Å²) in [7, 11) is 0. The molecule has 0 aromatic heterocycles. The van der Waals surface area contributed by atoms with Crippen molar-refractivity contribution in [2.45, 2.75) is 39.5 Å². The van der Waals surface area contributed by atoms with Crippen LogP contribution in [0.5, 0.6) is 0 Å². The summed E-state index contributed by atoms with van der Waals surface area (Å²) >= 11 is 17.9. The lowest BCUT2D eigenvalue weighted by Gasteiger charge is -2.16. The lowest BCUT2D eigenvalue weighted by Crippen LogP contribution is -2.22. The van der Waals surface area contributed by atoms with Crippen molar-refractivity contribution in [3.8, 4) is 0 Å². The molecule has 0 fully saturated rings. The van der Waals surface area contributed by atoms with Gasteiger partial charge in [0.1, 0.15) is 0 Å². The highest BCUT2D eigenvalue weighted by molar-refractivity contribution is 6.42. The first-order chi connectivity index (χ1) is 8.99. The molecule has 1 N–H and O–H groups in total. The molecule has 0 aliphatic rings. The number of carbonyl (C=O) groups is 1. The molecule has 0 saturated carbocycles. The van der Waals surface area contributed by atoms with Crippen LogP contribution >= 0.6 is 34.8 Å². The molecule has 1 aromatic rings. The molecule has 106 valence electrons. The first-order valence-electron chi connectivity index (χ1n) is 6.45. The largest absolute Gasteiger partial charge is 0.323 e. The maximum atomic E-state index is 12.2. The molecule has 19 heavy (non-hydrogen) atoms. The number of halogens is 3. The number of unbranched alkanes of at least 4 members (excludes halogenated alkanes) is 1. The molecule has 0 heterocycles. The SMILES string of the molecule is CCCCC(CC)C(=O)Nc1c(Cl)cc(Cl)cc1Cl. The monoisotopic (exact) mass is 321 g/mol. The van der Waals surface area contributed by atoms with Crippen LogP contribution in [0.2, 0.25) is 15.1 Å². The molecule has 1 unspecified atom stereocenters. The molecule has 0 aliphatic carbocycles. The summed E-state index contributed by atoms with van der Waals surface area (Å²) in [5.41, 5.74) is 0.438. The number of hydrogen-bond donors (Lipinski definition) is 1. The van der Waals surface area contributed by atoms with Gasteiger partial charge >= 0.3 is 0 Å². The van der Waals surface area contributed by atoms with Crippen molar-refractivity contribution >= 4 is 46.4 Å². The second-order valence-electron chi connectivity index (χ2n) is 4.48. The van der Waals surface area contributed by atoms with Gasteiger partial charge in [0.15, 0.2) is 0 Å². The fourth-order valence-electron chi connectivity index (χ4n) is 1.86. The molecule has 5 heteroatoms. The van der Waals surface area contributed by atoms with Crippen molar-refractivity contribution in [1.82, 2.24) is 0 Å². The van der Waals surface area contributed by atoms with Crippen LogP contribution in [0.15, 0.2) is 12.1 Å². The first-order valence-corrected chi connectivity index (χ1v) is 7.58. The highest BCUT2D eigenvalue weighted by Crippen LogP contribution is 2.34. The highest BCUT2D eigenvalue weighted by Gasteiger charge is 2.18. The van der Waals surface area contributed by atoms with Crippen LogP contribution in [-0.4, -0.2) is 5.91 Å². The number of rotatable bonds is 6. The predicted molar refractivity (Wildman–Crippen MR) is 83.4 cm³/mol. The topological polar surface area (TPSA) is 29.1 Å². The Kier molecular flexibility index (Phi) is 6.98. The van der Waals surface area contributed by atoms with Crippen LogP contribution in [0.1, 0.15) is 39.5 Å². The Bertz CT molecular complexity index is 425. The van der Waals surface area contributed by atoms with Gasteiger partial charge in [-0.05, 0) is 25.0 Å². The van der Waals surface area contributed by atoms with Gasteiger partial charge in [0.2, 0.25) is 5.91 Å². The van der Waals surface area contributed by atoms with E-state index < -0.39 is 0 Å². The first kappa shape index (κ1) is 16.6. The van der Waals surface area contributed by atoms with E-state index in [1.165, 1.54) is 0 Å². The molecule has 1 rings (SSSR count). The average molecular weight is 323 g/mol. The molecule has 0 bridgehead atoms. The number of hydrogen-bond acceptors (Lipinski definition) is 1. The maximum absolute atomic E-state index is 12.2. The van der Waals surface area contributed by atoms with Gasteiger partial charge < -0.3 is 5.32 Å². The molecule has 0 radical (unpaired) electrons. The smallest absolute Gasteiger partial charge is 0.227 e. The maximum Gasteiger partial charge on any atom is 0.227 e. The van der Waals surface area contributed by atoms with Crippen molar-refractivity contribution in [3.63, 3.8) is 0 Å². The van der Waals surface area contributed by atoms with E-state index in [9.17, 15) is 4.79 Å². The van der Waals surface area contributed by atoms with E-state index in [4.69, 9.17) is 34.8 Å². The summed E-state index contributed by atoms with van der Waals surface area (Å²) in [6, 6.07) is 3.13. The van der Waals surface area contributed by atoms with Gasteiger partial charge in [-0.1, -0.05) is 61.5 Å². The molecular formula is C14H18Cl3NO. The van der Waals surface area contributed by atoms with Gasteiger partial charge in [-0.15, -0.1) is 0 Å². The number of amides is 1. The normalized spacial score (nSPS) is 12.3. The predicted octanol–water partition coefficient (Wildman–Crippen LogP) is 5.80. The molecule has 1 atom stereocenters. The zero-order valence-electron chi connectivity index (χ0n) is 11.1. The van der Waals surface area contributed by atoms with Crippen molar-refractivity contribution in [1.29, 1.82) is 0 Å². The van der Waals surface area contributed by atoms with Crippen LogP contribution in [0, 0.1) is 5.92 Å². The molecule has 0 aliphatic heterocycles. The van der Waals surface area contributed by atoms with Gasteiger partial charge in [-0.25, -0.2) is 0 Å². The summed E-state index contributed by atoms with van der Waals surface area (Å²) in [5.74, 6) is -0.0511. The molecule has 2 nitrogen and oxygen atoms in total. The summed E-state index contributed by atoms with van der Waals surface area (Å²) in [6.07, 6.45) is 3.79. The van der Waals surface area contributed by atoms with Gasteiger partial charge in [-0.3, -0.25) is 4.79 Å².